The van der Waals surface area contributed by atoms with E-state index in [0.29, 0.717) is 27.1 Å². The average Bonchev–Trinajstić information content (AvgIpc) is 2.77. The average molecular weight is 315 g/mol. The number of carboxylic acid groups (broad SMARTS) is 1. The van der Waals surface area contributed by atoms with Crippen LogP contribution in [-0.4, -0.2) is 11.1 Å². The van der Waals surface area contributed by atoms with Gasteiger partial charge in [-0.05, 0) is 30.3 Å². The Morgan fingerprint density at radius 2 is 2.00 bits per heavy atom. The van der Waals surface area contributed by atoms with Gasteiger partial charge in [-0.1, -0.05) is 23.2 Å². The van der Waals surface area contributed by atoms with Crippen LogP contribution in [0.3, 0.4) is 0 Å². The van der Waals surface area contributed by atoms with Crippen LogP contribution in [0.5, 0.6) is 0 Å². The third kappa shape index (κ3) is 3.35. The van der Waals surface area contributed by atoms with Crippen LogP contribution in [0.4, 0.5) is 0 Å². The van der Waals surface area contributed by atoms with Gasteiger partial charge in [0.25, 0.3) is 0 Å². The molecular weight excluding hydrogens is 307 g/mol. The summed E-state index contributed by atoms with van der Waals surface area (Å²) in [5.74, 6) is -0.210. The van der Waals surface area contributed by atoms with Crippen molar-refractivity contribution in [1.82, 2.24) is 0 Å². The first kappa shape index (κ1) is 14.1. The molecule has 1 heterocycles. The van der Waals surface area contributed by atoms with Crippen molar-refractivity contribution in [3.8, 4) is 11.3 Å². The van der Waals surface area contributed by atoms with E-state index in [-0.39, 0.29) is 4.91 Å². The summed E-state index contributed by atoms with van der Waals surface area (Å²) in [6, 6.07) is 8.37. The summed E-state index contributed by atoms with van der Waals surface area (Å²) in [7, 11) is 0. The van der Waals surface area contributed by atoms with Crippen LogP contribution < -0.4 is 0 Å². The number of thiol groups is 1. The third-order valence-corrected chi connectivity index (χ3v) is 3.19. The van der Waals surface area contributed by atoms with Crippen LogP contribution in [0.1, 0.15) is 5.76 Å². The normalized spacial score (nSPS) is 11.6. The molecule has 3 nitrogen and oxygen atoms in total. The number of hydrogen-bond acceptors (Lipinski definition) is 3. The van der Waals surface area contributed by atoms with E-state index in [1.807, 2.05) is 0 Å². The minimum absolute atomic E-state index is 0.108. The molecule has 6 heteroatoms. The lowest BCUT2D eigenvalue weighted by Gasteiger charge is -2.00. The number of halogens is 2. The van der Waals surface area contributed by atoms with E-state index in [9.17, 15) is 4.79 Å². The number of furan rings is 1. The van der Waals surface area contributed by atoms with E-state index in [1.165, 1.54) is 6.08 Å². The van der Waals surface area contributed by atoms with Gasteiger partial charge in [0.05, 0.1) is 9.93 Å². The SMILES string of the molecule is O=C(O)/C(S)=C/c1ccc(-c2ccc(Cl)cc2Cl)o1. The molecule has 98 valence electrons. The second-order valence-electron chi connectivity index (χ2n) is 3.66. The highest BCUT2D eigenvalue weighted by Gasteiger charge is 2.09. The molecular formula is C13H8Cl2O3S. The van der Waals surface area contributed by atoms with Gasteiger partial charge < -0.3 is 9.52 Å². The van der Waals surface area contributed by atoms with E-state index < -0.39 is 5.97 Å². The van der Waals surface area contributed by atoms with Crippen LogP contribution >= 0.6 is 35.8 Å². The van der Waals surface area contributed by atoms with Crippen molar-refractivity contribution in [2.24, 2.45) is 0 Å². The summed E-state index contributed by atoms with van der Waals surface area (Å²) in [4.78, 5) is 10.5. The fourth-order valence-corrected chi connectivity index (χ4v) is 2.09. The minimum Gasteiger partial charge on any atom is -0.477 e. The summed E-state index contributed by atoms with van der Waals surface area (Å²) in [5.41, 5.74) is 0.682. The molecule has 1 aromatic carbocycles. The molecule has 0 saturated carbocycles. The molecule has 0 spiro atoms. The molecule has 1 N–H and O–H groups in total. The lowest BCUT2D eigenvalue weighted by molar-refractivity contribution is -0.131. The minimum atomic E-state index is -1.12. The summed E-state index contributed by atoms with van der Waals surface area (Å²) in [6.45, 7) is 0. The molecule has 1 aromatic heterocycles. The first-order valence-electron chi connectivity index (χ1n) is 5.16. The number of carbonyl (C=O) groups is 1. The second kappa shape index (κ2) is 5.74. The van der Waals surface area contributed by atoms with Crippen molar-refractivity contribution < 1.29 is 14.3 Å². The van der Waals surface area contributed by atoms with E-state index in [2.05, 4.69) is 12.6 Å². The van der Waals surface area contributed by atoms with Crippen molar-refractivity contribution in [2.75, 3.05) is 0 Å². The van der Waals surface area contributed by atoms with Gasteiger partial charge in [-0.25, -0.2) is 4.79 Å². The molecule has 0 unspecified atom stereocenters. The smallest absolute Gasteiger partial charge is 0.342 e. The van der Waals surface area contributed by atoms with Gasteiger partial charge >= 0.3 is 5.97 Å². The highest BCUT2D eigenvalue weighted by atomic mass is 35.5. The summed E-state index contributed by atoms with van der Waals surface area (Å²) >= 11 is 15.7. The molecule has 0 amide bonds. The highest BCUT2D eigenvalue weighted by Crippen LogP contribution is 2.32. The Balaban J connectivity index is 2.36. The summed E-state index contributed by atoms with van der Waals surface area (Å²) in [5, 5.41) is 9.71. The molecule has 0 aliphatic rings. The maximum atomic E-state index is 10.6. The van der Waals surface area contributed by atoms with Crippen molar-refractivity contribution in [3.05, 3.63) is 51.0 Å². The van der Waals surface area contributed by atoms with Crippen LogP contribution in [0.2, 0.25) is 10.0 Å². The Hall–Kier alpha value is -1.36. The second-order valence-corrected chi connectivity index (χ2v) is 4.99. The number of carboxylic acids is 1. The Labute approximate surface area is 124 Å². The van der Waals surface area contributed by atoms with Crippen molar-refractivity contribution in [1.29, 1.82) is 0 Å². The van der Waals surface area contributed by atoms with E-state index in [1.54, 1.807) is 30.3 Å². The largest absolute Gasteiger partial charge is 0.477 e. The van der Waals surface area contributed by atoms with Crippen LogP contribution in [0, 0.1) is 0 Å². The standard InChI is InChI=1S/C13H8Cl2O3S/c14-7-1-3-9(10(15)5-7)11-4-2-8(18-11)6-12(19)13(16)17/h1-6,19H,(H,16,17)/b12-6-. The van der Waals surface area contributed by atoms with Gasteiger partial charge in [0.2, 0.25) is 0 Å². The number of rotatable bonds is 3. The Kier molecular flexibility index (Phi) is 4.24. The van der Waals surface area contributed by atoms with Crippen LogP contribution in [0.15, 0.2) is 39.7 Å². The Morgan fingerprint density at radius 1 is 1.26 bits per heavy atom. The maximum absolute atomic E-state index is 10.6. The predicted octanol–water partition coefficient (Wildman–Crippen LogP) is 4.61. The van der Waals surface area contributed by atoms with Gasteiger partial charge in [-0.3, -0.25) is 0 Å². The monoisotopic (exact) mass is 314 g/mol. The first-order valence-corrected chi connectivity index (χ1v) is 6.37. The quantitative estimate of drug-likeness (QED) is 0.642. The van der Waals surface area contributed by atoms with Gasteiger partial charge in [0.15, 0.2) is 0 Å². The molecule has 0 aliphatic carbocycles. The fourth-order valence-electron chi connectivity index (χ4n) is 1.46. The number of aliphatic carboxylic acids is 1. The zero-order valence-corrected chi connectivity index (χ0v) is 11.8. The topological polar surface area (TPSA) is 50.4 Å². The lowest BCUT2D eigenvalue weighted by Crippen LogP contribution is -1.92. The van der Waals surface area contributed by atoms with E-state index in [4.69, 9.17) is 32.7 Å². The first-order chi connectivity index (χ1) is 8.97. The Morgan fingerprint density at radius 3 is 2.63 bits per heavy atom. The van der Waals surface area contributed by atoms with Crippen molar-refractivity contribution in [3.63, 3.8) is 0 Å². The van der Waals surface area contributed by atoms with Crippen LogP contribution in [0.25, 0.3) is 17.4 Å². The molecule has 0 bridgehead atoms. The molecule has 2 rings (SSSR count). The maximum Gasteiger partial charge on any atom is 0.342 e. The van der Waals surface area contributed by atoms with Gasteiger partial charge in [-0.15, -0.1) is 12.6 Å². The number of hydrogen-bond donors (Lipinski definition) is 2. The van der Waals surface area contributed by atoms with E-state index in [0.717, 1.165) is 0 Å². The van der Waals surface area contributed by atoms with Crippen LogP contribution in [-0.2, 0) is 4.79 Å². The molecule has 0 fully saturated rings. The zero-order chi connectivity index (χ0) is 14.0. The van der Waals surface area contributed by atoms with Gasteiger partial charge in [0, 0.05) is 16.7 Å². The van der Waals surface area contributed by atoms with Crippen molar-refractivity contribution in [2.45, 2.75) is 0 Å². The summed E-state index contributed by atoms with van der Waals surface area (Å²) < 4.78 is 5.50. The Bertz CT molecular complexity index is 662. The summed E-state index contributed by atoms with van der Waals surface area (Å²) in [6.07, 6.45) is 1.32. The predicted molar refractivity (Wildman–Crippen MR) is 78.8 cm³/mol. The number of benzene rings is 1. The fraction of sp³-hybridized carbons (Fsp3) is 0. The molecule has 0 atom stereocenters. The van der Waals surface area contributed by atoms with Crippen molar-refractivity contribution >= 4 is 47.9 Å². The molecule has 2 aromatic rings. The lowest BCUT2D eigenvalue weighted by atomic mass is 10.2. The van der Waals surface area contributed by atoms with Gasteiger partial charge in [-0.2, -0.15) is 0 Å². The van der Waals surface area contributed by atoms with E-state index >= 15 is 0 Å². The zero-order valence-electron chi connectivity index (χ0n) is 9.43. The highest BCUT2D eigenvalue weighted by molar-refractivity contribution is 7.85. The molecule has 0 radical (unpaired) electrons. The molecule has 0 saturated heterocycles. The molecule has 19 heavy (non-hydrogen) atoms. The molecule has 0 aliphatic heterocycles. The third-order valence-electron chi connectivity index (χ3n) is 2.32. The van der Waals surface area contributed by atoms with Gasteiger partial charge in [0.1, 0.15) is 11.5 Å².